The first-order chi connectivity index (χ1) is 20.5. The summed E-state index contributed by atoms with van der Waals surface area (Å²) < 4.78 is 0. The van der Waals surface area contributed by atoms with Gasteiger partial charge in [-0.2, -0.15) is 0 Å². The zero-order valence-electron chi connectivity index (χ0n) is 24.6. The second kappa shape index (κ2) is 11.1. The fourth-order valence-electron chi connectivity index (χ4n) is 6.37. The first kappa shape index (κ1) is 29.3. The Labute approximate surface area is 257 Å². The first-order valence-electron chi connectivity index (χ1n) is 14.4. The van der Waals surface area contributed by atoms with E-state index in [4.69, 9.17) is 12.7 Å². The molecular weight excluding hydrogens is 560 g/mol. The first-order valence-corrected chi connectivity index (χ1v) is 15.3. The number of thiazole rings is 1. The maximum Gasteiger partial charge on any atom is 0.257 e. The maximum atomic E-state index is 14.2. The number of hydrogen-bond donors (Lipinski definition) is 2. The van der Waals surface area contributed by atoms with Gasteiger partial charge < -0.3 is 20.2 Å². The molecule has 9 nitrogen and oxygen atoms in total. The SMILES string of the molecule is [B][B]c1ccc2c(c1)C(=O)N(C(C(=O)N1CC(O)CC1C1=NC(C)(c3ccc(-c4scnc4C)cc3)C(=O)N1)C(C)C)C2. The van der Waals surface area contributed by atoms with Crippen LogP contribution in [0.25, 0.3) is 10.4 Å². The van der Waals surface area contributed by atoms with Crippen molar-refractivity contribution in [2.45, 2.75) is 64.4 Å². The quantitative estimate of drug-likeness (QED) is 0.407. The van der Waals surface area contributed by atoms with Crippen LogP contribution in [-0.2, 0) is 21.7 Å². The molecule has 1 fully saturated rings. The molecule has 1 aromatic heterocycles. The normalized spacial score (nSPS) is 23.9. The number of rotatable bonds is 7. The fourth-order valence-corrected chi connectivity index (χ4v) is 7.18. The van der Waals surface area contributed by atoms with Gasteiger partial charge in [0.1, 0.15) is 11.9 Å². The number of fused-ring (bicyclic) bond motifs is 1. The number of amides is 3. The molecule has 12 heteroatoms. The minimum absolute atomic E-state index is 0.0858. The van der Waals surface area contributed by atoms with Crippen molar-refractivity contribution in [1.29, 1.82) is 0 Å². The smallest absolute Gasteiger partial charge is 0.257 e. The van der Waals surface area contributed by atoms with Gasteiger partial charge in [-0.3, -0.25) is 14.4 Å². The van der Waals surface area contributed by atoms with Crippen LogP contribution in [0.5, 0.6) is 0 Å². The number of aliphatic imine (C=N–C) groups is 1. The zero-order chi connectivity index (χ0) is 30.6. The number of hydrogen-bond acceptors (Lipinski definition) is 7. The third-order valence-corrected chi connectivity index (χ3v) is 9.72. The highest BCUT2D eigenvalue weighted by atomic mass is 32.1. The van der Waals surface area contributed by atoms with E-state index in [9.17, 15) is 19.5 Å². The number of carbonyl (C=O) groups excluding carboxylic acids is 3. The number of aromatic nitrogens is 1. The molecule has 0 saturated carbocycles. The lowest BCUT2D eigenvalue weighted by molar-refractivity contribution is -0.138. The zero-order valence-corrected chi connectivity index (χ0v) is 25.4. The molecule has 3 radical (unpaired) electrons. The summed E-state index contributed by atoms with van der Waals surface area (Å²) in [5.74, 6) is -0.649. The van der Waals surface area contributed by atoms with Gasteiger partial charge in [0, 0.05) is 32.8 Å². The van der Waals surface area contributed by atoms with Gasteiger partial charge in [-0.15, -0.1) is 11.3 Å². The van der Waals surface area contributed by atoms with Crippen LogP contribution in [0.1, 0.15) is 54.4 Å². The molecule has 0 aliphatic carbocycles. The van der Waals surface area contributed by atoms with E-state index < -0.39 is 23.7 Å². The number of likely N-dealkylation sites (tertiary alicyclic amines) is 1. The lowest BCUT2D eigenvalue weighted by Gasteiger charge is -2.35. The molecule has 2 N–H and O–H groups in total. The summed E-state index contributed by atoms with van der Waals surface area (Å²) in [4.78, 5) is 54.5. The van der Waals surface area contributed by atoms with Crippen LogP contribution in [0, 0.1) is 12.8 Å². The van der Waals surface area contributed by atoms with Crippen LogP contribution in [0.4, 0.5) is 0 Å². The van der Waals surface area contributed by atoms with E-state index in [2.05, 4.69) is 10.3 Å². The van der Waals surface area contributed by atoms with Crippen LogP contribution < -0.4 is 10.8 Å². The average molecular weight is 592 g/mol. The Hall–Kier alpha value is -3.76. The predicted octanol–water partition coefficient (Wildman–Crippen LogP) is 1.92. The summed E-state index contributed by atoms with van der Waals surface area (Å²) in [6.45, 7) is 7.92. The maximum absolute atomic E-state index is 14.2. The monoisotopic (exact) mass is 592 g/mol. The number of amidine groups is 1. The van der Waals surface area contributed by atoms with E-state index in [1.54, 1.807) is 34.1 Å². The van der Waals surface area contributed by atoms with Crippen molar-refractivity contribution in [3.8, 4) is 10.4 Å². The molecule has 4 atom stereocenters. The lowest BCUT2D eigenvalue weighted by Crippen LogP contribution is -2.55. The molecule has 3 aromatic rings. The van der Waals surface area contributed by atoms with Gasteiger partial charge in [0.05, 0.1) is 35.4 Å². The van der Waals surface area contributed by atoms with Crippen LogP contribution in [0.2, 0.25) is 0 Å². The third-order valence-electron chi connectivity index (χ3n) is 8.74. The number of nitrogens with one attached hydrogen (secondary N) is 1. The second-order valence-electron chi connectivity index (χ2n) is 12.0. The third kappa shape index (κ3) is 5.00. The van der Waals surface area contributed by atoms with Crippen LogP contribution >= 0.6 is 11.3 Å². The number of aryl methyl sites for hydroxylation is 1. The van der Waals surface area contributed by atoms with Crippen molar-refractivity contribution in [3.63, 3.8) is 0 Å². The van der Waals surface area contributed by atoms with Gasteiger partial charge >= 0.3 is 0 Å². The number of carbonyl (C=O) groups is 3. The Morgan fingerprint density at radius 2 is 1.95 bits per heavy atom. The summed E-state index contributed by atoms with van der Waals surface area (Å²) in [6, 6.07) is 11.8. The van der Waals surface area contributed by atoms with E-state index in [-0.39, 0.29) is 36.6 Å². The number of benzene rings is 2. The van der Waals surface area contributed by atoms with Gasteiger partial charge in [0.15, 0.2) is 5.54 Å². The lowest BCUT2D eigenvalue weighted by atomic mass is 9.51. The van der Waals surface area contributed by atoms with Gasteiger partial charge in [0.25, 0.3) is 11.8 Å². The molecule has 3 aliphatic heterocycles. The molecule has 217 valence electrons. The van der Waals surface area contributed by atoms with Crippen molar-refractivity contribution in [1.82, 2.24) is 20.1 Å². The molecule has 0 bridgehead atoms. The van der Waals surface area contributed by atoms with Gasteiger partial charge in [0.2, 0.25) is 5.91 Å². The minimum Gasteiger partial charge on any atom is -0.391 e. The van der Waals surface area contributed by atoms with Crippen molar-refractivity contribution in [2.24, 2.45) is 10.9 Å². The highest BCUT2D eigenvalue weighted by Crippen LogP contribution is 2.36. The summed E-state index contributed by atoms with van der Waals surface area (Å²) >= 11 is 1.56. The Kier molecular flexibility index (Phi) is 7.54. The Morgan fingerprint density at radius 1 is 1.21 bits per heavy atom. The van der Waals surface area contributed by atoms with Crippen molar-refractivity contribution < 1.29 is 19.5 Å². The minimum atomic E-state index is -1.19. The van der Waals surface area contributed by atoms with Crippen LogP contribution in [-0.4, -0.2) is 83.1 Å². The highest BCUT2D eigenvalue weighted by molar-refractivity contribution is 7.13. The summed E-state index contributed by atoms with van der Waals surface area (Å²) in [5.41, 5.74) is 5.41. The average Bonchev–Trinajstić information content (AvgIpc) is 3.74. The van der Waals surface area contributed by atoms with E-state index >= 15 is 0 Å². The molecule has 0 spiro atoms. The van der Waals surface area contributed by atoms with Gasteiger partial charge in [-0.1, -0.05) is 61.8 Å². The molecule has 1 saturated heterocycles. The van der Waals surface area contributed by atoms with Gasteiger partial charge in [-0.25, -0.2) is 9.98 Å². The summed E-state index contributed by atoms with van der Waals surface area (Å²) in [7, 11) is 7.11. The molecule has 2 aromatic carbocycles. The highest BCUT2D eigenvalue weighted by Gasteiger charge is 2.49. The molecule has 6 rings (SSSR count). The molecule has 4 unspecified atom stereocenters. The Morgan fingerprint density at radius 3 is 2.60 bits per heavy atom. The Balaban J connectivity index is 1.27. The van der Waals surface area contributed by atoms with E-state index in [0.29, 0.717) is 17.9 Å². The number of aliphatic hydroxyl groups is 1. The largest absolute Gasteiger partial charge is 0.391 e. The van der Waals surface area contributed by atoms with Crippen LogP contribution in [0.15, 0.2) is 53.0 Å². The predicted molar refractivity (Wildman–Crippen MR) is 167 cm³/mol. The van der Waals surface area contributed by atoms with E-state index in [1.807, 2.05) is 62.7 Å². The second-order valence-corrected chi connectivity index (χ2v) is 12.8. The summed E-state index contributed by atoms with van der Waals surface area (Å²) in [5, 5.41) is 13.6. The van der Waals surface area contributed by atoms with Crippen LogP contribution in [0.3, 0.4) is 0 Å². The number of aliphatic hydroxyl groups excluding tert-OH is 1. The molecule has 3 amide bonds. The van der Waals surface area contributed by atoms with E-state index in [0.717, 1.165) is 32.7 Å². The summed E-state index contributed by atoms with van der Waals surface area (Å²) in [6.07, 6.45) is -0.552. The van der Waals surface area contributed by atoms with Crippen molar-refractivity contribution in [3.05, 3.63) is 70.4 Å². The molecule has 43 heavy (non-hydrogen) atoms. The standard InChI is InChI=1S/C31H32B2N5O4S/c1-16(2)25(38-13-19-7-10-21(33-32)11-23(19)28(38)40)29(41)37-14-22(39)12-24(37)27-35-30(42)31(4,36-27)20-8-5-18(6-9-20)26-17(3)34-15-43-26/h5-11,15-16,22,24-25,39H,12-14H2,1-4H3,(H,35,36,42). The topological polar surface area (TPSA) is 115 Å². The number of β-amino-alcohol motifs (C(OH)–C–C–N with tert-alkyl or cyclic N) is 1. The van der Waals surface area contributed by atoms with Gasteiger partial charge in [-0.05, 0) is 36.5 Å². The van der Waals surface area contributed by atoms with Crippen molar-refractivity contribution >= 4 is 55.3 Å². The van der Waals surface area contributed by atoms with Crippen molar-refractivity contribution in [2.75, 3.05) is 6.54 Å². The fraction of sp³-hybridized carbons (Fsp3) is 0.387. The molecule has 4 heterocycles. The molecule has 3 aliphatic rings. The Bertz CT molecular complexity index is 1640. The number of nitrogens with zero attached hydrogens (tertiary/aromatic N) is 4. The molecular formula is C31H32B2N5O4S. The van der Waals surface area contributed by atoms with E-state index in [1.165, 1.54) is 7.17 Å².